The van der Waals surface area contributed by atoms with Gasteiger partial charge in [0.25, 0.3) is 0 Å². The second-order valence-electron chi connectivity index (χ2n) is 9.44. The highest BCUT2D eigenvalue weighted by atomic mass is 14.6. The van der Waals surface area contributed by atoms with Gasteiger partial charge in [0.1, 0.15) is 0 Å². The van der Waals surface area contributed by atoms with E-state index in [0.29, 0.717) is 0 Å². The Morgan fingerprint density at radius 3 is 2.25 bits per heavy atom. The number of fused-ring (bicyclic) bond motifs is 2. The lowest BCUT2D eigenvalue weighted by Crippen LogP contribution is -2.21. The second-order valence-corrected chi connectivity index (χ2v) is 9.44. The van der Waals surface area contributed by atoms with E-state index in [1.54, 1.807) is 0 Å². The van der Waals surface area contributed by atoms with Crippen LogP contribution in [0.15, 0.2) is 67.3 Å². The lowest BCUT2D eigenvalue weighted by Gasteiger charge is -2.28. The normalized spacial score (nSPS) is 12.6. The molecule has 2 heterocycles. The van der Waals surface area contributed by atoms with Crippen LogP contribution >= 0.6 is 0 Å². The maximum absolute atomic E-state index is 4.43. The molecule has 0 saturated carbocycles. The van der Waals surface area contributed by atoms with Crippen LogP contribution in [0.5, 0.6) is 0 Å². The van der Waals surface area contributed by atoms with Crippen LogP contribution in [0.2, 0.25) is 0 Å². The number of aromatic nitrogens is 2. The Hall–Kier alpha value is -2.74. The summed E-state index contributed by atoms with van der Waals surface area (Å²) >= 11 is 0. The van der Waals surface area contributed by atoms with Crippen molar-refractivity contribution in [2.24, 2.45) is 0 Å². The third kappa shape index (κ3) is 3.40. The van der Waals surface area contributed by atoms with Crippen LogP contribution in [-0.2, 0) is 17.3 Å². The quantitative estimate of drug-likeness (QED) is 0.407. The first-order chi connectivity index (χ1) is 13.3. The van der Waals surface area contributed by atoms with Gasteiger partial charge in [0.2, 0.25) is 0 Å². The van der Waals surface area contributed by atoms with E-state index in [1.807, 2.05) is 24.8 Å². The van der Waals surface area contributed by atoms with Crippen molar-refractivity contribution in [1.29, 1.82) is 0 Å². The van der Waals surface area contributed by atoms with Gasteiger partial charge in [-0.2, -0.15) is 0 Å². The fourth-order valence-electron chi connectivity index (χ4n) is 4.14. The summed E-state index contributed by atoms with van der Waals surface area (Å²) in [7, 11) is 0. The Kier molecular flexibility index (Phi) is 4.45. The molecule has 4 rings (SSSR count). The molecule has 0 fully saturated rings. The SMILES string of the molecule is CC(C)(C)c1ccc(CC(C)(C)c2ccc3cnccc3c2)c2cnccc12. The van der Waals surface area contributed by atoms with Gasteiger partial charge < -0.3 is 0 Å². The summed E-state index contributed by atoms with van der Waals surface area (Å²) in [6.07, 6.45) is 8.70. The van der Waals surface area contributed by atoms with Gasteiger partial charge in [0, 0.05) is 35.6 Å². The van der Waals surface area contributed by atoms with E-state index in [1.165, 1.54) is 38.2 Å². The Bertz CT molecular complexity index is 1150. The van der Waals surface area contributed by atoms with Crippen molar-refractivity contribution in [3.63, 3.8) is 0 Å². The van der Waals surface area contributed by atoms with Crippen molar-refractivity contribution in [1.82, 2.24) is 9.97 Å². The zero-order valence-electron chi connectivity index (χ0n) is 17.5. The van der Waals surface area contributed by atoms with Crippen LogP contribution in [0.4, 0.5) is 0 Å². The van der Waals surface area contributed by atoms with Crippen LogP contribution in [-0.4, -0.2) is 9.97 Å². The molecule has 0 unspecified atom stereocenters. The number of pyridine rings is 2. The fourth-order valence-corrected chi connectivity index (χ4v) is 4.14. The van der Waals surface area contributed by atoms with Crippen molar-refractivity contribution in [2.45, 2.75) is 51.9 Å². The Balaban J connectivity index is 1.78. The summed E-state index contributed by atoms with van der Waals surface area (Å²) < 4.78 is 0. The minimum absolute atomic E-state index is 0.0173. The molecule has 0 aliphatic heterocycles. The van der Waals surface area contributed by atoms with Gasteiger partial charge in [-0.15, -0.1) is 0 Å². The molecule has 28 heavy (non-hydrogen) atoms. The minimum atomic E-state index is 0.0173. The number of benzene rings is 2. The highest BCUT2D eigenvalue weighted by molar-refractivity contribution is 5.89. The van der Waals surface area contributed by atoms with Crippen LogP contribution in [0.1, 0.15) is 51.3 Å². The van der Waals surface area contributed by atoms with Crippen molar-refractivity contribution in [3.8, 4) is 0 Å². The molecule has 0 amide bonds. The monoisotopic (exact) mass is 368 g/mol. The average molecular weight is 369 g/mol. The van der Waals surface area contributed by atoms with Gasteiger partial charge >= 0.3 is 0 Å². The molecule has 2 aromatic carbocycles. The zero-order chi connectivity index (χ0) is 19.9. The molecular formula is C26H28N2. The molecule has 0 bridgehead atoms. The summed E-state index contributed by atoms with van der Waals surface area (Å²) in [5.41, 5.74) is 4.22. The maximum Gasteiger partial charge on any atom is 0.0349 e. The summed E-state index contributed by atoms with van der Waals surface area (Å²) in [5, 5.41) is 5.02. The predicted molar refractivity (Wildman–Crippen MR) is 119 cm³/mol. The average Bonchev–Trinajstić information content (AvgIpc) is 2.66. The van der Waals surface area contributed by atoms with Gasteiger partial charge in [0.05, 0.1) is 0 Å². The molecule has 0 N–H and O–H groups in total. The first kappa shape index (κ1) is 18.6. The molecule has 0 radical (unpaired) electrons. The largest absolute Gasteiger partial charge is 0.264 e. The van der Waals surface area contributed by atoms with Crippen LogP contribution in [0, 0.1) is 0 Å². The first-order valence-corrected chi connectivity index (χ1v) is 9.96. The van der Waals surface area contributed by atoms with Gasteiger partial charge in [0.15, 0.2) is 0 Å². The van der Waals surface area contributed by atoms with Gasteiger partial charge in [-0.3, -0.25) is 9.97 Å². The third-order valence-electron chi connectivity index (χ3n) is 5.77. The van der Waals surface area contributed by atoms with E-state index >= 15 is 0 Å². The highest BCUT2D eigenvalue weighted by Crippen LogP contribution is 2.35. The summed E-state index contributed by atoms with van der Waals surface area (Å²) in [5.74, 6) is 0. The standard InChI is InChI=1S/C26H28N2/c1-25(2,3)24-9-7-19(23-17-28-13-11-22(23)24)15-26(4,5)21-8-6-20-16-27-12-10-18(20)14-21/h6-14,16-17H,15H2,1-5H3. The van der Waals surface area contributed by atoms with Crippen LogP contribution in [0.25, 0.3) is 21.5 Å². The summed E-state index contributed by atoms with van der Waals surface area (Å²) in [4.78, 5) is 8.66. The smallest absolute Gasteiger partial charge is 0.0349 e. The Morgan fingerprint density at radius 1 is 0.714 bits per heavy atom. The van der Waals surface area contributed by atoms with Crippen molar-refractivity contribution in [3.05, 3.63) is 83.9 Å². The molecule has 4 aromatic rings. The van der Waals surface area contributed by atoms with Crippen LogP contribution in [0.3, 0.4) is 0 Å². The number of hydrogen-bond donors (Lipinski definition) is 0. The predicted octanol–water partition coefficient (Wildman–Crippen LogP) is 6.60. The molecule has 0 aliphatic carbocycles. The second kappa shape index (κ2) is 6.70. The van der Waals surface area contributed by atoms with E-state index in [4.69, 9.17) is 0 Å². The van der Waals surface area contributed by atoms with Gasteiger partial charge in [-0.05, 0) is 56.8 Å². The lowest BCUT2D eigenvalue weighted by molar-refractivity contribution is 0.524. The molecule has 0 aliphatic rings. The van der Waals surface area contributed by atoms with E-state index in [-0.39, 0.29) is 10.8 Å². The van der Waals surface area contributed by atoms with E-state index in [0.717, 1.165) is 6.42 Å². The molecule has 0 spiro atoms. The molecule has 0 saturated heterocycles. The van der Waals surface area contributed by atoms with E-state index in [9.17, 15) is 0 Å². The topological polar surface area (TPSA) is 25.8 Å². The fraction of sp³-hybridized carbons (Fsp3) is 0.308. The first-order valence-electron chi connectivity index (χ1n) is 9.96. The summed E-state index contributed by atoms with van der Waals surface area (Å²) in [6.45, 7) is 11.5. The van der Waals surface area contributed by atoms with Gasteiger partial charge in [-0.1, -0.05) is 65.0 Å². The van der Waals surface area contributed by atoms with Crippen LogP contribution < -0.4 is 0 Å². The zero-order valence-corrected chi connectivity index (χ0v) is 17.5. The summed E-state index contributed by atoms with van der Waals surface area (Å²) in [6, 6.07) is 15.6. The Morgan fingerprint density at radius 2 is 1.46 bits per heavy atom. The molecular weight excluding hydrogens is 340 g/mol. The van der Waals surface area contributed by atoms with E-state index in [2.05, 4.69) is 87.1 Å². The molecule has 142 valence electrons. The lowest BCUT2D eigenvalue weighted by atomic mass is 9.76. The van der Waals surface area contributed by atoms with E-state index < -0.39 is 0 Å². The minimum Gasteiger partial charge on any atom is -0.264 e. The molecule has 2 heteroatoms. The van der Waals surface area contributed by atoms with Crippen molar-refractivity contribution >= 4 is 21.5 Å². The number of nitrogens with zero attached hydrogens (tertiary/aromatic N) is 2. The highest BCUT2D eigenvalue weighted by Gasteiger charge is 2.24. The number of hydrogen-bond acceptors (Lipinski definition) is 2. The Labute approximate surface area is 167 Å². The molecule has 2 aromatic heterocycles. The van der Waals surface area contributed by atoms with Gasteiger partial charge in [-0.25, -0.2) is 0 Å². The number of rotatable bonds is 3. The third-order valence-corrected chi connectivity index (χ3v) is 5.77. The van der Waals surface area contributed by atoms with Crippen molar-refractivity contribution in [2.75, 3.05) is 0 Å². The molecule has 2 nitrogen and oxygen atoms in total. The van der Waals surface area contributed by atoms with Crippen molar-refractivity contribution < 1.29 is 0 Å². The maximum atomic E-state index is 4.43. The molecule has 0 atom stereocenters.